The van der Waals surface area contributed by atoms with Crippen molar-refractivity contribution in [1.82, 2.24) is 5.32 Å². The van der Waals surface area contributed by atoms with Crippen molar-refractivity contribution in [3.05, 3.63) is 23.8 Å². The second-order valence-corrected chi connectivity index (χ2v) is 6.21. The van der Waals surface area contributed by atoms with Crippen LogP contribution in [0.4, 0.5) is 0 Å². The molecule has 122 valence electrons. The van der Waals surface area contributed by atoms with Crippen LogP contribution in [0.3, 0.4) is 0 Å². The molecule has 0 aromatic heterocycles. The van der Waals surface area contributed by atoms with E-state index in [0.29, 0.717) is 23.9 Å². The summed E-state index contributed by atoms with van der Waals surface area (Å²) in [5, 5.41) is 3.37. The summed E-state index contributed by atoms with van der Waals surface area (Å²) in [6.45, 7) is 2.57. The van der Waals surface area contributed by atoms with Gasteiger partial charge in [-0.05, 0) is 24.1 Å². The van der Waals surface area contributed by atoms with E-state index in [2.05, 4.69) is 12.2 Å². The highest BCUT2D eigenvalue weighted by molar-refractivity contribution is 7.99. The van der Waals surface area contributed by atoms with E-state index in [4.69, 9.17) is 14.2 Å². The van der Waals surface area contributed by atoms with E-state index in [1.54, 1.807) is 26.0 Å². The quantitative estimate of drug-likeness (QED) is 0.614. The molecule has 0 radical (unpaired) electrons. The standard InChI is InChI=1S/C16H23NO4S/c1-4-5-8-21-16(18)12-10-22-15(17-12)11-6-7-13(19-2)14(9-11)20-3/h6-7,9,12,15,17H,4-5,8,10H2,1-3H3. The highest BCUT2D eigenvalue weighted by Crippen LogP contribution is 2.37. The minimum absolute atomic E-state index is 0.0588. The molecule has 2 unspecified atom stereocenters. The monoisotopic (exact) mass is 325 g/mol. The normalized spacial score (nSPS) is 20.7. The fourth-order valence-electron chi connectivity index (χ4n) is 2.23. The molecule has 6 heteroatoms. The zero-order chi connectivity index (χ0) is 15.9. The highest BCUT2D eigenvalue weighted by Gasteiger charge is 2.32. The van der Waals surface area contributed by atoms with Gasteiger partial charge in [-0.1, -0.05) is 19.4 Å². The van der Waals surface area contributed by atoms with Gasteiger partial charge in [-0.25, -0.2) is 0 Å². The van der Waals surface area contributed by atoms with Gasteiger partial charge in [0.1, 0.15) is 6.04 Å². The molecular formula is C16H23NO4S. The average Bonchev–Trinajstić information content (AvgIpc) is 3.04. The topological polar surface area (TPSA) is 56.8 Å². The lowest BCUT2D eigenvalue weighted by Crippen LogP contribution is -2.35. The summed E-state index contributed by atoms with van der Waals surface area (Å²) in [5.41, 5.74) is 1.06. The van der Waals surface area contributed by atoms with Gasteiger partial charge in [-0.15, -0.1) is 11.8 Å². The van der Waals surface area contributed by atoms with E-state index in [-0.39, 0.29) is 17.4 Å². The van der Waals surface area contributed by atoms with Gasteiger partial charge in [-0.2, -0.15) is 0 Å². The van der Waals surface area contributed by atoms with Crippen molar-refractivity contribution < 1.29 is 19.0 Å². The van der Waals surface area contributed by atoms with Gasteiger partial charge in [0.15, 0.2) is 11.5 Å². The maximum absolute atomic E-state index is 12.0. The summed E-state index contributed by atoms with van der Waals surface area (Å²) >= 11 is 1.70. The van der Waals surface area contributed by atoms with Crippen LogP contribution in [-0.2, 0) is 9.53 Å². The van der Waals surface area contributed by atoms with Crippen LogP contribution >= 0.6 is 11.8 Å². The van der Waals surface area contributed by atoms with Crippen LogP contribution in [0.1, 0.15) is 30.7 Å². The Morgan fingerprint density at radius 3 is 2.77 bits per heavy atom. The molecule has 1 heterocycles. The molecule has 1 saturated heterocycles. The molecule has 22 heavy (non-hydrogen) atoms. The van der Waals surface area contributed by atoms with Crippen LogP contribution in [0.2, 0.25) is 0 Å². The maximum atomic E-state index is 12.0. The number of thioether (sulfide) groups is 1. The fraction of sp³-hybridized carbons (Fsp3) is 0.562. The van der Waals surface area contributed by atoms with Crippen LogP contribution in [-0.4, -0.2) is 38.6 Å². The first kappa shape index (κ1) is 17.0. The number of ether oxygens (including phenoxy) is 3. The number of hydrogen-bond acceptors (Lipinski definition) is 6. The number of carbonyl (C=O) groups excluding carboxylic acids is 1. The number of nitrogens with one attached hydrogen (secondary N) is 1. The number of rotatable bonds is 7. The molecule has 1 aliphatic rings. The molecule has 1 aromatic rings. The summed E-state index contributed by atoms with van der Waals surface area (Å²) in [7, 11) is 3.23. The van der Waals surface area contributed by atoms with Crippen LogP contribution in [0.15, 0.2) is 18.2 Å². The Kier molecular flexibility index (Phi) is 6.39. The van der Waals surface area contributed by atoms with E-state index < -0.39 is 0 Å². The Hall–Kier alpha value is -1.40. The summed E-state index contributed by atoms with van der Waals surface area (Å²) < 4.78 is 15.8. The van der Waals surface area contributed by atoms with Gasteiger partial charge >= 0.3 is 5.97 Å². The Morgan fingerprint density at radius 1 is 1.32 bits per heavy atom. The molecule has 0 aliphatic carbocycles. The van der Waals surface area contributed by atoms with Gasteiger partial charge in [0.2, 0.25) is 0 Å². The predicted octanol–water partition coefficient (Wildman–Crippen LogP) is 2.75. The molecule has 5 nitrogen and oxygen atoms in total. The first-order chi connectivity index (χ1) is 10.7. The molecule has 0 saturated carbocycles. The zero-order valence-electron chi connectivity index (χ0n) is 13.3. The third-order valence-corrected chi connectivity index (χ3v) is 4.79. The first-order valence-electron chi connectivity index (χ1n) is 7.45. The van der Waals surface area contributed by atoms with Gasteiger partial charge in [0, 0.05) is 5.75 Å². The number of carbonyl (C=O) groups is 1. The summed E-state index contributed by atoms with van der Waals surface area (Å²) in [5.74, 6) is 1.94. The van der Waals surface area contributed by atoms with Crippen LogP contribution in [0, 0.1) is 0 Å². The van der Waals surface area contributed by atoms with Gasteiger partial charge < -0.3 is 14.2 Å². The second kappa shape index (κ2) is 8.29. The Bertz CT molecular complexity index is 509. The summed E-state index contributed by atoms with van der Waals surface area (Å²) in [4.78, 5) is 12.0. The van der Waals surface area contributed by atoms with Crippen molar-refractivity contribution in [2.24, 2.45) is 0 Å². The van der Waals surface area contributed by atoms with Crippen LogP contribution in [0.25, 0.3) is 0 Å². The van der Waals surface area contributed by atoms with Crippen LogP contribution < -0.4 is 14.8 Å². The molecule has 1 fully saturated rings. The molecule has 0 spiro atoms. The van der Waals surface area contributed by atoms with Crippen LogP contribution in [0.5, 0.6) is 11.5 Å². The van der Waals surface area contributed by atoms with E-state index in [9.17, 15) is 4.79 Å². The molecule has 2 rings (SSSR count). The number of benzene rings is 1. The predicted molar refractivity (Wildman–Crippen MR) is 87.5 cm³/mol. The second-order valence-electron chi connectivity index (χ2n) is 5.07. The van der Waals surface area contributed by atoms with Gasteiger partial charge in [0.25, 0.3) is 0 Å². The highest BCUT2D eigenvalue weighted by atomic mass is 32.2. The Balaban J connectivity index is 1.96. The number of methoxy groups -OCH3 is 2. The molecule has 0 bridgehead atoms. The molecule has 2 atom stereocenters. The Labute approximate surface area is 135 Å². The molecule has 1 aliphatic heterocycles. The van der Waals surface area contributed by atoms with Crippen molar-refractivity contribution in [2.45, 2.75) is 31.2 Å². The van der Waals surface area contributed by atoms with E-state index in [0.717, 1.165) is 18.4 Å². The van der Waals surface area contributed by atoms with Crippen molar-refractivity contribution in [2.75, 3.05) is 26.6 Å². The van der Waals surface area contributed by atoms with Crippen molar-refractivity contribution in [3.63, 3.8) is 0 Å². The maximum Gasteiger partial charge on any atom is 0.324 e. The molecular weight excluding hydrogens is 302 g/mol. The zero-order valence-corrected chi connectivity index (χ0v) is 14.1. The molecule has 0 amide bonds. The summed E-state index contributed by atoms with van der Waals surface area (Å²) in [6.07, 6.45) is 1.93. The van der Waals surface area contributed by atoms with Crippen molar-refractivity contribution >= 4 is 17.7 Å². The lowest BCUT2D eigenvalue weighted by atomic mass is 10.2. The fourth-order valence-corrected chi connectivity index (χ4v) is 3.45. The minimum atomic E-state index is -0.250. The lowest BCUT2D eigenvalue weighted by molar-refractivity contribution is -0.145. The third kappa shape index (κ3) is 4.08. The molecule has 1 N–H and O–H groups in total. The smallest absolute Gasteiger partial charge is 0.324 e. The largest absolute Gasteiger partial charge is 0.493 e. The minimum Gasteiger partial charge on any atom is -0.493 e. The SMILES string of the molecule is CCCCOC(=O)C1CSC(c2ccc(OC)c(OC)c2)N1. The van der Waals surface area contributed by atoms with E-state index in [1.165, 1.54) is 0 Å². The third-order valence-electron chi connectivity index (χ3n) is 3.52. The number of hydrogen-bond donors (Lipinski definition) is 1. The number of esters is 1. The van der Waals surface area contributed by atoms with Gasteiger partial charge in [-0.3, -0.25) is 10.1 Å². The number of unbranched alkanes of at least 4 members (excludes halogenated alkanes) is 1. The molecule has 1 aromatic carbocycles. The first-order valence-corrected chi connectivity index (χ1v) is 8.50. The lowest BCUT2D eigenvalue weighted by Gasteiger charge is -2.15. The van der Waals surface area contributed by atoms with E-state index >= 15 is 0 Å². The van der Waals surface area contributed by atoms with Gasteiger partial charge in [0.05, 0.1) is 26.2 Å². The van der Waals surface area contributed by atoms with Crippen molar-refractivity contribution in [1.29, 1.82) is 0 Å². The van der Waals surface area contributed by atoms with E-state index in [1.807, 2.05) is 18.2 Å². The average molecular weight is 325 g/mol. The summed E-state index contributed by atoms with van der Waals surface area (Å²) in [6, 6.07) is 5.55. The Morgan fingerprint density at radius 2 is 2.09 bits per heavy atom. The van der Waals surface area contributed by atoms with Crippen molar-refractivity contribution in [3.8, 4) is 11.5 Å².